The monoisotopic (exact) mass is 502 g/mol. The number of hydrogen-bond donors (Lipinski definition) is 0. The fraction of sp³-hybridized carbons (Fsp3) is 0.370. The zero-order valence-electron chi connectivity index (χ0n) is 21.0. The largest absolute Gasteiger partial charge is 0.493 e. The van der Waals surface area contributed by atoms with E-state index in [-0.39, 0.29) is 11.8 Å². The van der Waals surface area contributed by atoms with Crippen LogP contribution in [0.5, 0.6) is 11.5 Å². The fourth-order valence-electron chi connectivity index (χ4n) is 4.69. The van der Waals surface area contributed by atoms with Crippen molar-refractivity contribution in [3.05, 3.63) is 58.9 Å². The number of methoxy groups -OCH3 is 1. The van der Waals surface area contributed by atoms with Crippen LogP contribution in [0.3, 0.4) is 0 Å². The Labute approximate surface area is 213 Å². The lowest BCUT2D eigenvalue weighted by atomic mass is 10.1. The summed E-state index contributed by atoms with van der Waals surface area (Å²) in [4.78, 5) is 3.77. The summed E-state index contributed by atoms with van der Waals surface area (Å²) in [6, 6.07) is 7.07. The van der Waals surface area contributed by atoms with Gasteiger partial charge in [0.1, 0.15) is 17.3 Å². The molecule has 190 valence electrons. The number of fused-ring (bicyclic) bond motifs is 1. The SMILES string of the molecule is COc1cc2c(cc1OCCc1c(C)cnnc1C)c(-c1cnc(F)c(C#N)c1)nn2C1CCCCO1. The Morgan fingerprint density at radius 2 is 2.05 bits per heavy atom. The Hall–Kier alpha value is -4.10. The summed E-state index contributed by atoms with van der Waals surface area (Å²) in [6.07, 6.45) is 6.40. The first kappa shape index (κ1) is 24.6. The van der Waals surface area contributed by atoms with Crippen molar-refractivity contribution in [2.24, 2.45) is 0 Å². The number of hydrogen-bond acceptors (Lipinski definition) is 8. The van der Waals surface area contributed by atoms with Crippen LogP contribution in [0.2, 0.25) is 0 Å². The maximum Gasteiger partial charge on any atom is 0.230 e. The number of aromatic nitrogens is 5. The molecule has 1 atom stereocenters. The van der Waals surface area contributed by atoms with Crippen molar-refractivity contribution in [2.45, 2.75) is 45.8 Å². The minimum Gasteiger partial charge on any atom is -0.493 e. The lowest BCUT2D eigenvalue weighted by Gasteiger charge is -2.23. The number of rotatable bonds is 7. The molecular formula is C27H27FN6O3. The summed E-state index contributed by atoms with van der Waals surface area (Å²) in [5, 5.41) is 23.1. The standard InChI is InChI=1S/C27H27FN6O3/c1-16-14-31-32-17(2)20(16)7-9-36-24-11-21-22(12-23(24)35-3)34(25-6-4-5-8-37-25)33-26(21)19-10-18(13-29)27(28)30-15-19/h10-12,14-15,25H,4-9H2,1-3H3. The van der Waals surface area contributed by atoms with E-state index in [0.29, 0.717) is 42.4 Å². The third kappa shape index (κ3) is 4.82. The van der Waals surface area contributed by atoms with Crippen molar-refractivity contribution in [1.29, 1.82) is 5.26 Å². The van der Waals surface area contributed by atoms with Gasteiger partial charge in [-0.05, 0) is 56.4 Å². The van der Waals surface area contributed by atoms with Gasteiger partial charge in [0.05, 0.1) is 31.1 Å². The Morgan fingerprint density at radius 1 is 1.19 bits per heavy atom. The van der Waals surface area contributed by atoms with Crippen LogP contribution in [0.15, 0.2) is 30.6 Å². The van der Waals surface area contributed by atoms with Crippen LogP contribution < -0.4 is 9.47 Å². The van der Waals surface area contributed by atoms with Crippen LogP contribution in [0.4, 0.5) is 4.39 Å². The van der Waals surface area contributed by atoms with E-state index in [1.165, 1.54) is 12.3 Å². The molecule has 1 unspecified atom stereocenters. The molecule has 0 aliphatic carbocycles. The topological polar surface area (TPSA) is 108 Å². The zero-order valence-corrected chi connectivity index (χ0v) is 21.0. The van der Waals surface area contributed by atoms with Gasteiger partial charge < -0.3 is 14.2 Å². The van der Waals surface area contributed by atoms with Gasteiger partial charge >= 0.3 is 0 Å². The summed E-state index contributed by atoms with van der Waals surface area (Å²) in [6.45, 7) is 4.99. The molecule has 4 aromatic rings. The lowest BCUT2D eigenvalue weighted by Crippen LogP contribution is -2.19. The second kappa shape index (κ2) is 10.5. The third-order valence-electron chi connectivity index (χ3n) is 6.63. The minimum atomic E-state index is -0.813. The van der Waals surface area contributed by atoms with Crippen molar-refractivity contribution in [2.75, 3.05) is 20.3 Å². The van der Waals surface area contributed by atoms with E-state index < -0.39 is 5.95 Å². The van der Waals surface area contributed by atoms with Crippen LogP contribution in [0, 0.1) is 31.1 Å². The van der Waals surface area contributed by atoms with Gasteiger partial charge in [0.15, 0.2) is 17.7 Å². The van der Waals surface area contributed by atoms with Gasteiger partial charge in [0.2, 0.25) is 5.95 Å². The quantitative estimate of drug-likeness (QED) is 0.330. The Kier molecular flexibility index (Phi) is 6.97. The molecule has 1 aliphatic rings. The molecule has 10 heteroatoms. The van der Waals surface area contributed by atoms with Gasteiger partial charge in [0, 0.05) is 36.2 Å². The van der Waals surface area contributed by atoms with Gasteiger partial charge in [-0.25, -0.2) is 9.67 Å². The smallest absolute Gasteiger partial charge is 0.230 e. The highest BCUT2D eigenvalue weighted by atomic mass is 19.1. The molecule has 0 bridgehead atoms. The molecule has 3 aromatic heterocycles. The Balaban J connectivity index is 1.57. The number of halogens is 1. The number of ether oxygens (including phenoxy) is 3. The first-order valence-corrected chi connectivity index (χ1v) is 12.2. The maximum atomic E-state index is 14.0. The van der Waals surface area contributed by atoms with Gasteiger partial charge in [-0.15, -0.1) is 0 Å². The maximum absolute atomic E-state index is 14.0. The highest BCUT2D eigenvalue weighted by molar-refractivity contribution is 5.95. The normalized spacial score (nSPS) is 15.5. The summed E-state index contributed by atoms with van der Waals surface area (Å²) < 4.78 is 33.7. The molecule has 0 amide bonds. The molecule has 1 aromatic carbocycles. The average Bonchev–Trinajstić information content (AvgIpc) is 3.29. The molecule has 5 rings (SSSR count). The van der Waals surface area contributed by atoms with Crippen molar-refractivity contribution in [3.8, 4) is 28.8 Å². The molecule has 4 heterocycles. The second-order valence-electron chi connectivity index (χ2n) is 9.00. The van der Waals surface area contributed by atoms with Crippen molar-refractivity contribution in [3.63, 3.8) is 0 Å². The van der Waals surface area contributed by atoms with E-state index in [2.05, 4.69) is 15.2 Å². The van der Waals surface area contributed by atoms with E-state index in [4.69, 9.17) is 19.3 Å². The lowest BCUT2D eigenvalue weighted by molar-refractivity contribution is -0.0365. The second-order valence-corrected chi connectivity index (χ2v) is 9.00. The van der Waals surface area contributed by atoms with Gasteiger partial charge in [-0.2, -0.15) is 24.9 Å². The number of nitriles is 1. The molecule has 0 N–H and O–H groups in total. The number of benzene rings is 1. The van der Waals surface area contributed by atoms with E-state index in [1.807, 2.05) is 36.7 Å². The highest BCUT2D eigenvalue weighted by Crippen LogP contribution is 2.39. The minimum absolute atomic E-state index is 0.143. The van der Waals surface area contributed by atoms with Crippen LogP contribution >= 0.6 is 0 Å². The van der Waals surface area contributed by atoms with Crippen molar-refractivity contribution < 1.29 is 18.6 Å². The van der Waals surface area contributed by atoms with Gasteiger partial charge in [0.25, 0.3) is 0 Å². The van der Waals surface area contributed by atoms with E-state index in [9.17, 15) is 9.65 Å². The highest BCUT2D eigenvalue weighted by Gasteiger charge is 2.24. The van der Waals surface area contributed by atoms with Crippen molar-refractivity contribution >= 4 is 10.9 Å². The molecular weight excluding hydrogens is 475 g/mol. The predicted molar refractivity (Wildman–Crippen MR) is 134 cm³/mol. The number of pyridine rings is 1. The fourth-order valence-corrected chi connectivity index (χ4v) is 4.69. The van der Waals surface area contributed by atoms with E-state index in [1.54, 1.807) is 13.3 Å². The summed E-state index contributed by atoms with van der Waals surface area (Å²) in [5.74, 6) is 0.299. The third-order valence-corrected chi connectivity index (χ3v) is 6.63. The van der Waals surface area contributed by atoms with E-state index in [0.717, 1.165) is 47.0 Å². The molecule has 1 aliphatic heterocycles. The van der Waals surface area contributed by atoms with Crippen LogP contribution in [-0.2, 0) is 11.2 Å². The summed E-state index contributed by atoms with van der Waals surface area (Å²) >= 11 is 0. The van der Waals surface area contributed by atoms with Gasteiger partial charge in [-0.1, -0.05) is 0 Å². The average molecular weight is 503 g/mol. The van der Waals surface area contributed by atoms with Crippen LogP contribution in [0.1, 0.15) is 47.9 Å². The van der Waals surface area contributed by atoms with Crippen LogP contribution in [-0.4, -0.2) is 45.3 Å². The molecule has 9 nitrogen and oxygen atoms in total. The summed E-state index contributed by atoms with van der Waals surface area (Å²) in [7, 11) is 1.59. The molecule has 0 saturated carbocycles. The summed E-state index contributed by atoms with van der Waals surface area (Å²) in [5.41, 5.74) is 4.77. The van der Waals surface area contributed by atoms with Crippen LogP contribution in [0.25, 0.3) is 22.2 Å². The number of nitrogens with zero attached hydrogens (tertiary/aromatic N) is 6. The van der Waals surface area contributed by atoms with Crippen molar-refractivity contribution in [1.82, 2.24) is 25.0 Å². The first-order chi connectivity index (χ1) is 18.0. The zero-order chi connectivity index (χ0) is 25.9. The first-order valence-electron chi connectivity index (χ1n) is 12.2. The molecule has 1 saturated heterocycles. The molecule has 0 spiro atoms. The molecule has 37 heavy (non-hydrogen) atoms. The van der Waals surface area contributed by atoms with Gasteiger partial charge in [-0.3, -0.25) is 0 Å². The Bertz CT molecular complexity index is 1470. The number of aryl methyl sites for hydroxylation is 2. The van der Waals surface area contributed by atoms with E-state index >= 15 is 0 Å². The molecule has 1 fully saturated rings. The Morgan fingerprint density at radius 3 is 2.78 bits per heavy atom. The molecule has 0 radical (unpaired) electrons. The predicted octanol–water partition coefficient (Wildman–Crippen LogP) is 4.85.